The summed E-state index contributed by atoms with van der Waals surface area (Å²) in [6.45, 7) is -0.189. The highest BCUT2D eigenvalue weighted by atomic mass is 16.4. The van der Waals surface area contributed by atoms with Crippen molar-refractivity contribution in [2.45, 2.75) is 62.7 Å². The van der Waals surface area contributed by atoms with Crippen LogP contribution in [0.15, 0.2) is 0 Å². The van der Waals surface area contributed by atoms with Gasteiger partial charge < -0.3 is 42.9 Å². The summed E-state index contributed by atoms with van der Waals surface area (Å²) < 4.78 is 0. The monoisotopic (exact) mass is 444 g/mol. The number of likely N-dealkylation sites (tertiary alicyclic amines) is 1. The van der Waals surface area contributed by atoms with Gasteiger partial charge in [0.1, 0.15) is 18.1 Å². The fourth-order valence-electron chi connectivity index (χ4n) is 3.29. The topological polar surface area (TPSA) is 231 Å². The first-order chi connectivity index (χ1) is 14.6. The number of carbonyl (C=O) groups excluding carboxylic acids is 4. The molecule has 0 bridgehead atoms. The normalized spacial score (nSPS) is 18.7. The number of aliphatic hydroxyl groups is 1. The van der Waals surface area contributed by atoms with Gasteiger partial charge in [0.2, 0.25) is 23.6 Å². The maximum atomic E-state index is 12.7. The van der Waals surface area contributed by atoms with E-state index in [0.29, 0.717) is 25.8 Å². The van der Waals surface area contributed by atoms with Crippen LogP contribution in [0.3, 0.4) is 0 Å². The molecule has 13 nitrogen and oxygen atoms in total. The molecule has 0 saturated carbocycles. The molecule has 13 heteroatoms. The van der Waals surface area contributed by atoms with Crippen molar-refractivity contribution < 1.29 is 34.2 Å². The average molecular weight is 444 g/mol. The Balaban J connectivity index is 2.86. The number of nitrogens with zero attached hydrogens (tertiary/aromatic N) is 1. The summed E-state index contributed by atoms with van der Waals surface area (Å²) in [5.41, 5.74) is 16.1. The molecule has 4 unspecified atom stereocenters. The number of hydrogen-bond acceptors (Lipinski definition) is 8. The van der Waals surface area contributed by atoms with Crippen molar-refractivity contribution in [3.8, 4) is 0 Å². The molecule has 0 aromatic heterocycles. The molecule has 1 heterocycles. The highest BCUT2D eigenvalue weighted by molar-refractivity contribution is 5.95. The maximum absolute atomic E-state index is 12.7. The molecule has 0 aliphatic carbocycles. The van der Waals surface area contributed by atoms with E-state index in [2.05, 4.69) is 10.6 Å². The molecule has 10 N–H and O–H groups in total. The third-order valence-corrected chi connectivity index (χ3v) is 4.96. The minimum atomic E-state index is -1.37. The third-order valence-electron chi connectivity index (χ3n) is 4.96. The van der Waals surface area contributed by atoms with E-state index >= 15 is 0 Å². The number of carbonyl (C=O) groups is 5. The van der Waals surface area contributed by atoms with Crippen LogP contribution in [-0.2, 0) is 24.0 Å². The Hall–Kier alpha value is -2.77. The number of rotatable bonds is 13. The number of aliphatic carboxylic acids is 1. The van der Waals surface area contributed by atoms with E-state index in [4.69, 9.17) is 17.2 Å². The van der Waals surface area contributed by atoms with Gasteiger partial charge in [0.25, 0.3) is 0 Å². The lowest BCUT2D eigenvalue weighted by Crippen LogP contribution is -2.58. The predicted octanol–water partition coefficient (Wildman–Crippen LogP) is -3.64. The zero-order valence-electron chi connectivity index (χ0n) is 17.3. The summed E-state index contributed by atoms with van der Waals surface area (Å²) in [7, 11) is 0. The Morgan fingerprint density at radius 1 is 1.06 bits per heavy atom. The Morgan fingerprint density at radius 2 is 1.71 bits per heavy atom. The van der Waals surface area contributed by atoms with Crippen molar-refractivity contribution in [1.82, 2.24) is 15.5 Å². The van der Waals surface area contributed by atoms with Gasteiger partial charge in [0, 0.05) is 6.54 Å². The Morgan fingerprint density at radius 3 is 2.26 bits per heavy atom. The second kappa shape index (κ2) is 12.8. The molecule has 0 aromatic carbocycles. The van der Waals surface area contributed by atoms with E-state index in [0.717, 1.165) is 4.90 Å². The maximum Gasteiger partial charge on any atom is 0.326 e. The zero-order valence-corrected chi connectivity index (χ0v) is 17.3. The van der Waals surface area contributed by atoms with E-state index in [9.17, 15) is 34.2 Å². The lowest BCUT2D eigenvalue weighted by molar-refractivity contribution is -0.150. The van der Waals surface area contributed by atoms with Crippen molar-refractivity contribution in [3.05, 3.63) is 0 Å². The van der Waals surface area contributed by atoms with Crippen LogP contribution in [-0.4, -0.2) is 88.6 Å². The second-order valence-electron chi connectivity index (χ2n) is 7.39. The molecule has 0 spiro atoms. The van der Waals surface area contributed by atoms with Crippen LogP contribution >= 0.6 is 0 Å². The predicted molar refractivity (Wildman–Crippen MR) is 108 cm³/mol. The molecule has 1 saturated heterocycles. The van der Waals surface area contributed by atoms with Crippen LogP contribution in [0, 0.1) is 0 Å². The van der Waals surface area contributed by atoms with E-state index in [1.165, 1.54) is 0 Å². The molecule has 0 aromatic rings. The van der Waals surface area contributed by atoms with Crippen LogP contribution < -0.4 is 27.8 Å². The van der Waals surface area contributed by atoms with Crippen molar-refractivity contribution in [1.29, 1.82) is 0 Å². The second-order valence-corrected chi connectivity index (χ2v) is 7.39. The van der Waals surface area contributed by atoms with Crippen LogP contribution in [0.1, 0.15) is 38.5 Å². The molecule has 1 fully saturated rings. The zero-order chi connectivity index (χ0) is 23.6. The number of amides is 4. The number of primary amides is 1. The van der Waals surface area contributed by atoms with Gasteiger partial charge >= 0.3 is 5.97 Å². The first-order valence-corrected chi connectivity index (χ1v) is 10.1. The third kappa shape index (κ3) is 8.11. The Bertz CT molecular complexity index is 674. The summed E-state index contributed by atoms with van der Waals surface area (Å²) in [5, 5.41) is 23.6. The summed E-state index contributed by atoms with van der Waals surface area (Å²) in [6.07, 6.45) is 1.58. The highest BCUT2D eigenvalue weighted by Gasteiger charge is 2.38. The van der Waals surface area contributed by atoms with Crippen LogP contribution in [0.25, 0.3) is 0 Å². The SMILES string of the molecule is NCCCCC(NC(=O)C(N)CC(N)=O)C(=O)NC(CO)C(=O)N1CCCC1C(=O)O. The minimum Gasteiger partial charge on any atom is -0.480 e. The van der Waals surface area contributed by atoms with E-state index in [-0.39, 0.29) is 19.4 Å². The number of carboxylic acid groups (broad SMARTS) is 1. The average Bonchev–Trinajstić information content (AvgIpc) is 3.20. The molecule has 0 radical (unpaired) electrons. The van der Waals surface area contributed by atoms with Crippen LogP contribution in [0.4, 0.5) is 0 Å². The largest absolute Gasteiger partial charge is 0.480 e. The van der Waals surface area contributed by atoms with E-state index in [1.807, 2.05) is 0 Å². The number of carboxylic acids is 1. The van der Waals surface area contributed by atoms with Crippen molar-refractivity contribution in [2.75, 3.05) is 19.7 Å². The number of aliphatic hydroxyl groups excluding tert-OH is 1. The first-order valence-electron chi connectivity index (χ1n) is 10.1. The number of hydrogen-bond donors (Lipinski definition) is 7. The highest BCUT2D eigenvalue weighted by Crippen LogP contribution is 2.18. The smallest absolute Gasteiger partial charge is 0.326 e. The van der Waals surface area contributed by atoms with Gasteiger partial charge in [-0.25, -0.2) is 4.79 Å². The quantitative estimate of drug-likeness (QED) is 0.139. The van der Waals surface area contributed by atoms with Gasteiger partial charge in [0.15, 0.2) is 0 Å². The van der Waals surface area contributed by atoms with Crippen molar-refractivity contribution >= 4 is 29.6 Å². The van der Waals surface area contributed by atoms with Crippen molar-refractivity contribution in [2.24, 2.45) is 17.2 Å². The number of nitrogens with two attached hydrogens (primary N) is 3. The minimum absolute atomic E-state index is 0.172. The molecule has 1 rings (SSSR count). The molecular formula is C18H32N6O7. The molecule has 4 atom stereocenters. The lowest BCUT2D eigenvalue weighted by Gasteiger charge is -2.28. The number of unbranched alkanes of at least 4 members (excludes halogenated alkanes) is 1. The summed E-state index contributed by atoms with van der Waals surface area (Å²) in [4.78, 5) is 61.0. The summed E-state index contributed by atoms with van der Waals surface area (Å²) in [6, 6.07) is -4.75. The van der Waals surface area contributed by atoms with Gasteiger partial charge in [-0.1, -0.05) is 0 Å². The van der Waals surface area contributed by atoms with Crippen LogP contribution in [0.5, 0.6) is 0 Å². The molecular weight excluding hydrogens is 412 g/mol. The molecule has 4 amide bonds. The van der Waals surface area contributed by atoms with Gasteiger partial charge in [0.05, 0.1) is 19.1 Å². The fourth-order valence-corrected chi connectivity index (χ4v) is 3.29. The molecule has 31 heavy (non-hydrogen) atoms. The first kappa shape index (κ1) is 26.3. The standard InChI is InChI=1S/C18H32N6O7/c19-6-2-1-4-11(22-15(27)10(20)8-14(21)26)16(28)23-12(9-25)17(29)24-7-3-5-13(24)18(30)31/h10-13,25H,1-9,19-20H2,(H2,21,26)(H,22,27)(H,23,28)(H,30,31). The van der Waals surface area contributed by atoms with Gasteiger partial charge in [-0.05, 0) is 38.6 Å². The molecule has 1 aliphatic rings. The Kier molecular flexibility index (Phi) is 10.9. The van der Waals surface area contributed by atoms with E-state index in [1.54, 1.807) is 0 Å². The summed E-state index contributed by atoms with van der Waals surface area (Å²) >= 11 is 0. The van der Waals surface area contributed by atoms with Crippen molar-refractivity contribution in [3.63, 3.8) is 0 Å². The van der Waals surface area contributed by atoms with E-state index < -0.39 is 66.8 Å². The number of nitrogens with one attached hydrogen (secondary N) is 2. The van der Waals surface area contributed by atoms with Crippen LogP contribution in [0.2, 0.25) is 0 Å². The summed E-state index contributed by atoms with van der Waals surface area (Å²) in [5.74, 6) is -4.20. The van der Waals surface area contributed by atoms with Gasteiger partial charge in [-0.15, -0.1) is 0 Å². The van der Waals surface area contributed by atoms with Gasteiger partial charge in [-0.3, -0.25) is 19.2 Å². The Labute approximate surface area is 179 Å². The fraction of sp³-hybridized carbons (Fsp3) is 0.722. The van der Waals surface area contributed by atoms with Gasteiger partial charge in [-0.2, -0.15) is 0 Å². The molecule has 1 aliphatic heterocycles. The molecule has 176 valence electrons. The lowest BCUT2D eigenvalue weighted by atomic mass is 10.1.